The first-order valence-corrected chi connectivity index (χ1v) is 8.10. The maximum atomic E-state index is 11.9. The molecular weight excluding hydrogens is 314 g/mol. The lowest BCUT2D eigenvalue weighted by Crippen LogP contribution is -2.34. The molecule has 1 N–H and O–H groups in total. The Morgan fingerprint density at radius 3 is 2.83 bits per heavy atom. The van der Waals surface area contributed by atoms with Gasteiger partial charge in [0.25, 0.3) is 5.56 Å². The van der Waals surface area contributed by atoms with Crippen molar-refractivity contribution in [2.75, 3.05) is 11.9 Å². The number of anilines is 1. The fourth-order valence-electron chi connectivity index (χ4n) is 2.82. The van der Waals surface area contributed by atoms with Gasteiger partial charge in [0.15, 0.2) is 0 Å². The van der Waals surface area contributed by atoms with Gasteiger partial charge in [-0.15, -0.1) is 0 Å². The van der Waals surface area contributed by atoms with Gasteiger partial charge in [0.2, 0.25) is 0 Å². The molecule has 6 heteroatoms. The first-order valence-electron chi connectivity index (χ1n) is 7.73. The summed E-state index contributed by atoms with van der Waals surface area (Å²) in [5, 5.41) is 7.54. The molecule has 5 nitrogen and oxygen atoms in total. The largest absolute Gasteiger partial charge is 0.377 e. The molecule has 2 atom stereocenters. The van der Waals surface area contributed by atoms with Crippen molar-refractivity contribution in [2.24, 2.45) is 7.05 Å². The zero-order valence-corrected chi connectivity index (χ0v) is 14.0. The number of ether oxygens (including phenoxy) is 1. The number of benzene rings is 1. The second kappa shape index (κ2) is 6.72. The standard InChI is InChI=1S/C17H20ClN3O2/c1-11-5-7-12(8-6-11)16-13(4-3-9-23-16)20-14-10-19-21(2)17(22)15(14)18/h5-8,10,13,16,20H,3-4,9H2,1-2H3/t13-,16+/m0/s1. The first-order chi connectivity index (χ1) is 11.1. The van der Waals surface area contributed by atoms with E-state index < -0.39 is 0 Å². The molecule has 1 fully saturated rings. The van der Waals surface area contributed by atoms with Gasteiger partial charge in [-0.1, -0.05) is 41.4 Å². The van der Waals surface area contributed by atoms with E-state index >= 15 is 0 Å². The average molecular weight is 334 g/mol. The van der Waals surface area contributed by atoms with E-state index in [0.717, 1.165) is 25.0 Å². The van der Waals surface area contributed by atoms with Gasteiger partial charge in [-0.25, -0.2) is 4.68 Å². The van der Waals surface area contributed by atoms with Crippen LogP contribution in [0.15, 0.2) is 35.3 Å². The lowest BCUT2D eigenvalue weighted by atomic mass is 9.95. The van der Waals surface area contributed by atoms with Crippen LogP contribution in [-0.2, 0) is 11.8 Å². The summed E-state index contributed by atoms with van der Waals surface area (Å²) in [5.74, 6) is 0. The molecule has 3 rings (SSSR count). The molecule has 1 aliphatic rings. The third kappa shape index (κ3) is 3.41. The Hall–Kier alpha value is -1.85. The number of rotatable bonds is 3. The van der Waals surface area contributed by atoms with E-state index in [4.69, 9.17) is 16.3 Å². The van der Waals surface area contributed by atoms with Crippen LogP contribution in [0.2, 0.25) is 5.02 Å². The quantitative estimate of drug-likeness (QED) is 0.937. The van der Waals surface area contributed by atoms with Crippen LogP contribution in [0.25, 0.3) is 0 Å². The van der Waals surface area contributed by atoms with Crippen molar-refractivity contribution in [2.45, 2.75) is 31.9 Å². The van der Waals surface area contributed by atoms with Crippen LogP contribution in [0.4, 0.5) is 5.69 Å². The highest BCUT2D eigenvalue weighted by molar-refractivity contribution is 6.32. The third-order valence-electron chi connectivity index (χ3n) is 4.15. The molecule has 122 valence electrons. The third-order valence-corrected chi connectivity index (χ3v) is 4.51. The van der Waals surface area contributed by atoms with Crippen molar-refractivity contribution in [3.63, 3.8) is 0 Å². The van der Waals surface area contributed by atoms with Gasteiger partial charge in [-0.05, 0) is 25.3 Å². The lowest BCUT2D eigenvalue weighted by molar-refractivity contribution is 0.00564. The van der Waals surface area contributed by atoms with Crippen molar-refractivity contribution >= 4 is 17.3 Å². The summed E-state index contributed by atoms with van der Waals surface area (Å²) >= 11 is 6.16. The fraction of sp³-hybridized carbons (Fsp3) is 0.412. The summed E-state index contributed by atoms with van der Waals surface area (Å²) in [6, 6.07) is 8.39. The zero-order valence-electron chi connectivity index (χ0n) is 13.3. The molecule has 0 saturated carbocycles. The Morgan fingerprint density at radius 1 is 1.35 bits per heavy atom. The molecule has 23 heavy (non-hydrogen) atoms. The molecule has 0 unspecified atom stereocenters. The second-order valence-corrected chi connectivity index (χ2v) is 6.27. The number of hydrogen-bond acceptors (Lipinski definition) is 4. The Labute approximate surface area is 140 Å². The summed E-state index contributed by atoms with van der Waals surface area (Å²) in [4.78, 5) is 11.9. The predicted octanol–water partition coefficient (Wildman–Crippen LogP) is 3.07. The molecule has 0 spiro atoms. The second-order valence-electron chi connectivity index (χ2n) is 5.90. The van der Waals surface area contributed by atoms with Gasteiger partial charge in [0, 0.05) is 13.7 Å². The van der Waals surface area contributed by atoms with Gasteiger partial charge >= 0.3 is 0 Å². The Bertz CT molecular complexity index is 742. The van der Waals surface area contributed by atoms with Crippen molar-refractivity contribution in [3.05, 3.63) is 57.0 Å². The van der Waals surface area contributed by atoms with Crippen LogP contribution in [0.3, 0.4) is 0 Å². The maximum absolute atomic E-state index is 11.9. The summed E-state index contributed by atoms with van der Waals surface area (Å²) in [5.41, 5.74) is 2.59. The highest BCUT2D eigenvalue weighted by atomic mass is 35.5. The molecule has 1 aromatic heterocycles. The number of nitrogens with zero attached hydrogens (tertiary/aromatic N) is 2. The van der Waals surface area contributed by atoms with Gasteiger partial charge in [0.1, 0.15) is 11.1 Å². The maximum Gasteiger partial charge on any atom is 0.287 e. The SMILES string of the molecule is Cc1ccc([C@H]2OCCC[C@@H]2Nc2cnn(C)c(=O)c2Cl)cc1. The Morgan fingerprint density at radius 2 is 2.09 bits per heavy atom. The van der Waals surface area contributed by atoms with E-state index in [-0.39, 0.29) is 22.7 Å². The number of hydrogen-bond donors (Lipinski definition) is 1. The molecule has 0 radical (unpaired) electrons. The van der Waals surface area contributed by atoms with E-state index in [1.807, 2.05) is 0 Å². The smallest absolute Gasteiger partial charge is 0.287 e. The minimum atomic E-state index is -0.305. The molecule has 1 saturated heterocycles. The highest BCUT2D eigenvalue weighted by Crippen LogP contribution is 2.31. The Kier molecular flexibility index (Phi) is 4.68. The van der Waals surface area contributed by atoms with Crippen molar-refractivity contribution in [1.29, 1.82) is 0 Å². The minimum Gasteiger partial charge on any atom is -0.377 e. The molecule has 0 bridgehead atoms. The van der Waals surface area contributed by atoms with Crippen LogP contribution in [0.1, 0.15) is 30.1 Å². The van der Waals surface area contributed by atoms with Crippen LogP contribution in [0, 0.1) is 6.92 Å². The van der Waals surface area contributed by atoms with Gasteiger partial charge < -0.3 is 10.1 Å². The molecule has 2 heterocycles. The fourth-order valence-corrected chi connectivity index (χ4v) is 3.05. The summed E-state index contributed by atoms with van der Waals surface area (Å²) < 4.78 is 7.20. The lowest BCUT2D eigenvalue weighted by Gasteiger charge is -2.33. The number of aromatic nitrogens is 2. The molecule has 0 amide bonds. The molecule has 1 aromatic carbocycles. The van der Waals surface area contributed by atoms with Crippen molar-refractivity contribution in [1.82, 2.24) is 9.78 Å². The van der Waals surface area contributed by atoms with Crippen LogP contribution >= 0.6 is 11.6 Å². The molecule has 2 aromatic rings. The van der Waals surface area contributed by atoms with Crippen molar-refractivity contribution < 1.29 is 4.74 Å². The zero-order chi connectivity index (χ0) is 16.4. The van der Waals surface area contributed by atoms with Gasteiger partial charge in [0.05, 0.1) is 17.9 Å². The predicted molar refractivity (Wildman–Crippen MR) is 91.0 cm³/mol. The average Bonchev–Trinajstić information content (AvgIpc) is 2.57. The van der Waals surface area contributed by atoms with Crippen molar-refractivity contribution in [3.8, 4) is 0 Å². The van der Waals surface area contributed by atoms with E-state index in [1.54, 1.807) is 13.2 Å². The van der Waals surface area contributed by atoms with E-state index in [2.05, 4.69) is 41.6 Å². The molecular formula is C17H20ClN3O2. The van der Waals surface area contributed by atoms with Gasteiger partial charge in [-0.2, -0.15) is 5.10 Å². The molecule has 1 aliphatic heterocycles. The van der Waals surface area contributed by atoms with Gasteiger partial charge in [-0.3, -0.25) is 4.79 Å². The number of halogens is 1. The van der Waals surface area contributed by atoms with E-state index in [0.29, 0.717) is 5.69 Å². The Balaban J connectivity index is 1.86. The monoisotopic (exact) mass is 333 g/mol. The summed E-state index contributed by atoms with van der Waals surface area (Å²) in [6.45, 7) is 2.80. The number of nitrogens with one attached hydrogen (secondary N) is 1. The van der Waals surface area contributed by atoms with Crippen LogP contribution in [0.5, 0.6) is 0 Å². The normalized spacial score (nSPS) is 21.2. The highest BCUT2D eigenvalue weighted by Gasteiger charge is 2.28. The summed E-state index contributed by atoms with van der Waals surface area (Å²) in [6.07, 6.45) is 3.44. The number of aryl methyl sites for hydroxylation is 2. The van der Waals surface area contributed by atoms with E-state index in [9.17, 15) is 4.79 Å². The minimum absolute atomic E-state index is 0.0536. The van der Waals surface area contributed by atoms with Crippen LogP contribution < -0.4 is 10.9 Å². The summed E-state index contributed by atoms with van der Waals surface area (Å²) in [7, 11) is 1.58. The first kappa shape index (κ1) is 16.0. The topological polar surface area (TPSA) is 56.1 Å². The molecule has 0 aliphatic carbocycles. The van der Waals surface area contributed by atoms with E-state index in [1.165, 1.54) is 10.2 Å². The van der Waals surface area contributed by atoms with Crippen LogP contribution in [-0.4, -0.2) is 22.4 Å².